The minimum Gasteiger partial charge on any atom is -0.119 e. The highest BCUT2D eigenvalue weighted by Gasteiger charge is 2.18. The van der Waals surface area contributed by atoms with E-state index in [1.165, 1.54) is 103 Å². The van der Waals surface area contributed by atoms with E-state index in [4.69, 9.17) is 9.05 Å². The van der Waals surface area contributed by atoms with E-state index >= 15 is 0 Å². The van der Waals surface area contributed by atoms with E-state index in [2.05, 4.69) is 31.9 Å². The Hall–Kier alpha value is 0.980. The Morgan fingerprint density at radius 3 is 0.964 bits per heavy atom. The second-order valence-electron chi connectivity index (χ2n) is 7.63. The van der Waals surface area contributed by atoms with Crippen molar-refractivity contribution in [1.82, 2.24) is 0 Å². The lowest BCUT2D eigenvalue weighted by Gasteiger charge is -2.01. The van der Waals surface area contributed by atoms with Gasteiger partial charge in [0.15, 0.2) is 0 Å². The lowest BCUT2D eigenvalue weighted by atomic mass is 10.1. The van der Waals surface area contributed by atoms with E-state index in [1.54, 1.807) is 0 Å². The molecular weight excluding hydrogens is 503 g/mol. The molecule has 0 aliphatic heterocycles. The maximum atomic E-state index is 11.7. The molecule has 0 aromatic carbocycles. The summed E-state index contributed by atoms with van der Waals surface area (Å²) in [5.74, 6) is 0. The van der Waals surface area contributed by atoms with Crippen molar-refractivity contribution in [2.45, 2.75) is 116 Å². The fourth-order valence-corrected chi connectivity index (χ4v) is 4.61. The first-order chi connectivity index (χ1) is 13.8. The Morgan fingerprint density at radius 2 is 0.679 bits per heavy atom. The molecule has 0 unspecified atom stereocenters. The molecule has 0 aromatic rings. The summed E-state index contributed by atoms with van der Waals surface area (Å²) in [6.45, 7) is 1.13. The zero-order valence-electron chi connectivity index (χ0n) is 18.0. The van der Waals surface area contributed by atoms with Crippen molar-refractivity contribution in [1.29, 1.82) is 0 Å². The van der Waals surface area contributed by atoms with E-state index in [0.29, 0.717) is 13.2 Å². The Morgan fingerprint density at radius 1 is 0.429 bits per heavy atom. The van der Waals surface area contributed by atoms with Crippen LogP contribution in [0.3, 0.4) is 0 Å². The summed E-state index contributed by atoms with van der Waals surface area (Å²) < 4.78 is 22.2. The van der Waals surface area contributed by atoms with Gasteiger partial charge < -0.3 is 0 Å². The third-order valence-electron chi connectivity index (χ3n) is 4.95. The van der Waals surface area contributed by atoms with Crippen LogP contribution < -0.4 is 0 Å². The Balaban J connectivity index is 3.13. The quantitative estimate of drug-likeness (QED) is 0.0686. The van der Waals surface area contributed by atoms with E-state index in [9.17, 15) is 4.57 Å². The molecule has 0 rings (SSSR count). The number of rotatable bonds is 24. The SMILES string of the molecule is O=[P+](OCCCCCCCCCCCBr)OCCCCCCCCCCCBr. The molecule has 6 heteroatoms. The molecule has 0 bridgehead atoms. The third kappa shape index (κ3) is 25.0. The second kappa shape index (κ2) is 26.0. The highest BCUT2D eigenvalue weighted by Crippen LogP contribution is 2.25. The van der Waals surface area contributed by atoms with Crippen LogP contribution in [0.5, 0.6) is 0 Å². The molecule has 3 nitrogen and oxygen atoms in total. The van der Waals surface area contributed by atoms with Gasteiger partial charge in [0, 0.05) is 15.2 Å². The summed E-state index contributed by atoms with van der Waals surface area (Å²) in [7, 11) is -1.91. The molecule has 0 aliphatic carbocycles. The molecule has 0 atom stereocenters. The normalized spacial score (nSPS) is 11.2. The summed E-state index contributed by atoms with van der Waals surface area (Å²) >= 11 is 6.94. The van der Waals surface area contributed by atoms with E-state index in [1.807, 2.05) is 0 Å². The number of halogens is 2. The topological polar surface area (TPSA) is 35.5 Å². The standard InChI is InChI=1S/C22H44Br2O3P/c23-19-15-11-7-3-1-5-9-13-17-21-26-28(25)27-22-18-14-10-6-2-4-8-12-16-20-24/h1-22H2/q+1. The van der Waals surface area contributed by atoms with Gasteiger partial charge in [-0.2, -0.15) is 0 Å². The van der Waals surface area contributed by atoms with Crippen molar-refractivity contribution in [2.24, 2.45) is 0 Å². The zero-order chi connectivity index (χ0) is 20.5. The summed E-state index contributed by atoms with van der Waals surface area (Å²) in [6, 6.07) is 0. The first-order valence-corrected chi connectivity index (χ1v) is 15.0. The molecule has 0 saturated heterocycles. The number of alkyl halides is 2. The summed E-state index contributed by atoms with van der Waals surface area (Å²) in [5, 5.41) is 2.27. The van der Waals surface area contributed by atoms with Crippen LogP contribution in [-0.4, -0.2) is 23.9 Å². The smallest absolute Gasteiger partial charge is 0.119 e. The molecule has 0 fully saturated rings. The van der Waals surface area contributed by atoms with Crippen LogP contribution in [0.4, 0.5) is 0 Å². The maximum Gasteiger partial charge on any atom is 0.697 e. The maximum absolute atomic E-state index is 11.7. The van der Waals surface area contributed by atoms with Gasteiger partial charge in [-0.05, 0) is 25.7 Å². The van der Waals surface area contributed by atoms with Crippen LogP contribution in [0, 0.1) is 0 Å². The Labute approximate surface area is 192 Å². The molecule has 0 N–H and O–H groups in total. The largest absolute Gasteiger partial charge is 0.697 e. The third-order valence-corrected chi connectivity index (χ3v) is 6.86. The van der Waals surface area contributed by atoms with Gasteiger partial charge in [-0.3, -0.25) is 0 Å². The number of hydrogen-bond acceptors (Lipinski definition) is 3. The van der Waals surface area contributed by atoms with Crippen LogP contribution >= 0.6 is 40.1 Å². The van der Waals surface area contributed by atoms with Gasteiger partial charge in [0.25, 0.3) is 0 Å². The van der Waals surface area contributed by atoms with Gasteiger partial charge >= 0.3 is 8.25 Å². The summed E-state index contributed by atoms with van der Waals surface area (Å²) in [6.07, 6.45) is 22.9. The summed E-state index contributed by atoms with van der Waals surface area (Å²) in [5.41, 5.74) is 0. The molecular formula is C22H44Br2O3P+. The van der Waals surface area contributed by atoms with Gasteiger partial charge in [-0.15, -0.1) is 9.05 Å². The lowest BCUT2D eigenvalue weighted by Crippen LogP contribution is -1.92. The second-order valence-corrected chi connectivity index (χ2v) is 10.2. The van der Waals surface area contributed by atoms with Crippen LogP contribution in [-0.2, 0) is 13.6 Å². The molecule has 168 valence electrons. The molecule has 0 aliphatic rings. The summed E-state index contributed by atoms with van der Waals surface area (Å²) in [4.78, 5) is 0. The monoisotopic (exact) mass is 545 g/mol. The number of unbranched alkanes of at least 4 members (excludes halogenated alkanes) is 16. The molecule has 0 aromatic heterocycles. The fourth-order valence-electron chi connectivity index (χ4n) is 3.18. The van der Waals surface area contributed by atoms with Gasteiger partial charge in [-0.1, -0.05) is 122 Å². The average Bonchev–Trinajstić information content (AvgIpc) is 2.70. The van der Waals surface area contributed by atoms with Crippen molar-refractivity contribution >= 4 is 40.1 Å². The molecule has 28 heavy (non-hydrogen) atoms. The van der Waals surface area contributed by atoms with Crippen LogP contribution in [0.15, 0.2) is 0 Å². The van der Waals surface area contributed by atoms with Gasteiger partial charge in [0.05, 0.1) is 0 Å². The average molecular weight is 547 g/mol. The van der Waals surface area contributed by atoms with E-state index in [-0.39, 0.29) is 0 Å². The van der Waals surface area contributed by atoms with Crippen molar-refractivity contribution < 1.29 is 13.6 Å². The highest BCUT2D eigenvalue weighted by atomic mass is 79.9. The van der Waals surface area contributed by atoms with Crippen LogP contribution in [0.25, 0.3) is 0 Å². The molecule has 0 radical (unpaired) electrons. The molecule has 0 saturated carbocycles. The van der Waals surface area contributed by atoms with Crippen LogP contribution in [0.1, 0.15) is 116 Å². The first-order valence-electron chi connectivity index (χ1n) is 11.7. The van der Waals surface area contributed by atoms with Crippen molar-refractivity contribution in [2.75, 3.05) is 23.9 Å². The van der Waals surface area contributed by atoms with Gasteiger partial charge in [-0.25, -0.2) is 0 Å². The lowest BCUT2D eigenvalue weighted by molar-refractivity contribution is 0.218. The van der Waals surface area contributed by atoms with E-state index in [0.717, 1.165) is 23.5 Å². The fraction of sp³-hybridized carbons (Fsp3) is 1.00. The number of hydrogen-bond donors (Lipinski definition) is 0. The Bertz CT molecular complexity index is 292. The predicted octanol–water partition coefficient (Wildman–Crippen LogP) is 9.49. The highest BCUT2D eigenvalue weighted by molar-refractivity contribution is 9.09. The first kappa shape index (κ1) is 29.0. The molecule has 0 spiro atoms. The minimum atomic E-state index is -1.91. The van der Waals surface area contributed by atoms with Gasteiger partial charge in [0.1, 0.15) is 13.2 Å². The van der Waals surface area contributed by atoms with Crippen molar-refractivity contribution in [3.05, 3.63) is 0 Å². The molecule has 0 amide bonds. The Kier molecular flexibility index (Phi) is 26.9. The minimum absolute atomic E-state index is 0.565. The van der Waals surface area contributed by atoms with Crippen molar-refractivity contribution in [3.63, 3.8) is 0 Å². The van der Waals surface area contributed by atoms with Crippen molar-refractivity contribution in [3.8, 4) is 0 Å². The van der Waals surface area contributed by atoms with Gasteiger partial charge in [0.2, 0.25) is 0 Å². The van der Waals surface area contributed by atoms with E-state index < -0.39 is 8.25 Å². The van der Waals surface area contributed by atoms with Crippen LogP contribution in [0.2, 0.25) is 0 Å². The predicted molar refractivity (Wildman–Crippen MR) is 130 cm³/mol. The zero-order valence-corrected chi connectivity index (χ0v) is 22.1. The molecule has 0 heterocycles.